The van der Waals surface area contributed by atoms with Crippen LogP contribution < -0.4 is 4.73 Å². The molecule has 2 nitrogen and oxygen atoms in total. The molecule has 0 fully saturated rings. The van der Waals surface area contributed by atoms with E-state index in [1.54, 1.807) is 0 Å². The summed E-state index contributed by atoms with van der Waals surface area (Å²) < 4.78 is 37.9. The zero-order chi connectivity index (χ0) is 11.1. The van der Waals surface area contributed by atoms with Crippen LogP contribution in [-0.4, -0.2) is 0 Å². The van der Waals surface area contributed by atoms with Gasteiger partial charge in [0.15, 0.2) is 6.20 Å². The molecule has 0 bridgehead atoms. The molecule has 0 spiro atoms. The molecule has 1 aromatic carbocycles. The van der Waals surface area contributed by atoms with Crippen molar-refractivity contribution >= 4 is 10.9 Å². The van der Waals surface area contributed by atoms with Crippen molar-refractivity contribution in [3.05, 3.63) is 47.3 Å². The zero-order valence-electron chi connectivity index (χ0n) is 7.45. The number of halogens is 3. The molecule has 0 aliphatic carbocycles. The highest BCUT2D eigenvalue weighted by atomic mass is 19.4. The van der Waals surface area contributed by atoms with Gasteiger partial charge in [-0.1, -0.05) is 6.07 Å². The molecule has 0 saturated carbocycles. The summed E-state index contributed by atoms with van der Waals surface area (Å²) in [7, 11) is 0. The fourth-order valence-corrected chi connectivity index (χ4v) is 1.47. The predicted octanol–water partition coefficient (Wildman–Crippen LogP) is 2.49. The second kappa shape index (κ2) is 3.12. The second-order valence-electron chi connectivity index (χ2n) is 3.08. The minimum absolute atomic E-state index is 0.234. The van der Waals surface area contributed by atoms with Crippen molar-refractivity contribution in [2.45, 2.75) is 6.18 Å². The van der Waals surface area contributed by atoms with Crippen LogP contribution in [0.4, 0.5) is 13.2 Å². The summed E-state index contributed by atoms with van der Waals surface area (Å²) in [6.45, 7) is 0. The Balaban J connectivity index is 2.86. The number of aromatic nitrogens is 1. The maximum absolute atomic E-state index is 12.5. The van der Waals surface area contributed by atoms with Crippen LogP contribution >= 0.6 is 0 Å². The Kier molecular flexibility index (Phi) is 2.03. The van der Waals surface area contributed by atoms with E-state index >= 15 is 0 Å². The van der Waals surface area contributed by atoms with Crippen molar-refractivity contribution in [3.63, 3.8) is 0 Å². The largest absolute Gasteiger partial charge is 0.618 e. The van der Waals surface area contributed by atoms with E-state index in [0.717, 1.165) is 12.3 Å². The van der Waals surface area contributed by atoms with Crippen molar-refractivity contribution in [1.82, 2.24) is 0 Å². The van der Waals surface area contributed by atoms with E-state index < -0.39 is 11.7 Å². The van der Waals surface area contributed by atoms with Gasteiger partial charge < -0.3 is 5.21 Å². The third kappa shape index (κ3) is 1.60. The molecule has 0 radical (unpaired) electrons. The molecule has 1 aromatic heterocycles. The molecule has 2 aromatic rings. The highest BCUT2D eigenvalue weighted by molar-refractivity contribution is 5.79. The first-order chi connectivity index (χ1) is 7.00. The Morgan fingerprint density at radius 2 is 1.73 bits per heavy atom. The van der Waals surface area contributed by atoms with Crippen LogP contribution in [-0.2, 0) is 6.18 Å². The Labute approximate surface area is 83.2 Å². The smallest absolute Gasteiger partial charge is 0.422 e. The molecule has 1 heterocycles. The Bertz CT molecular complexity index is 502. The van der Waals surface area contributed by atoms with Gasteiger partial charge in [0.05, 0.1) is 0 Å². The van der Waals surface area contributed by atoms with Crippen LogP contribution in [0.25, 0.3) is 10.9 Å². The lowest BCUT2D eigenvalue weighted by Gasteiger charge is -2.09. The first-order valence-electron chi connectivity index (χ1n) is 4.18. The summed E-state index contributed by atoms with van der Waals surface area (Å²) in [4.78, 5) is 0. The standard InChI is InChI=1S/C10H6F3NO/c11-10(12,13)8-5-1-3-7-4-2-6-14(15)9(7)8/h1-6H. The average molecular weight is 213 g/mol. The van der Waals surface area contributed by atoms with Gasteiger partial charge in [-0.3, -0.25) is 0 Å². The minimum atomic E-state index is -4.51. The van der Waals surface area contributed by atoms with Crippen molar-refractivity contribution in [2.75, 3.05) is 0 Å². The number of nitrogens with zero attached hydrogens (tertiary/aromatic N) is 1. The summed E-state index contributed by atoms with van der Waals surface area (Å²) in [5.74, 6) is 0. The molecule has 0 unspecified atom stereocenters. The van der Waals surface area contributed by atoms with E-state index in [4.69, 9.17) is 0 Å². The van der Waals surface area contributed by atoms with Crippen molar-refractivity contribution in [2.24, 2.45) is 0 Å². The van der Waals surface area contributed by atoms with Gasteiger partial charge in [-0.2, -0.15) is 17.9 Å². The van der Waals surface area contributed by atoms with E-state index in [2.05, 4.69) is 0 Å². The quantitative estimate of drug-likeness (QED) is 0.488. The van der Waals surface area contributed by atoms with Crippen LogP contribution in [0.5, 0.6) is 0 Å². The summed E-state index contributed by atoms with van der Waals surface area (Å²) in [5, 5.41) is 11.5. The number of fused-ring (bicyclic) bond motifs is 1. The van der Waals surface area contributed by atoms with Crippen molar-refractivity contribution in [3.8, 4) is 0 Å². The first-order valence-corrected chi connectivity index (χ1v) is 4.18. The molecule has 0 atom stereocenters. The topological polar surface area (TPSA) is 26.9 Å². The van der Waals surface area contributed by atoms with Crippen molar-refractivity contribution < 1.29 is 17.9 Å². The summed E-state index contributed by atoms with van der Waals surface area (Å²) in [6, 6.07) is 6.54. The molecule has 78 valence electrons. The van der Waals surface area contributed by atoms with E-state index in [-0.39, 0.29) is 15.6 Å². The summed E-state index contributed by atoms with van der Waals surface area (Å²) >= 11 is 0. The van der Waals surface area contributed by atoms with Crippen LogP contribution in [0, 0.1) is 5.21 Å². The van der Waals surface area contributed by atoms with Gasteiger partial charge in [-0.25, -0.2) is 0 Å². The number of alkyl halides is 3. The second-order valence-corrected chi connectivity index (χ2v) is 3.08. The van der Waals surface area contributed by atoms with Crippen molar-refractivity contribution in [1.29, 1.82) is 0 Å². The lowest BCUT2D eigenvalue weighted by atomic mass is 10.1. The number of rotatable bonds is 0. The van der Waals surface area contributed by atoms with Crippen LogP contribution in [0.2, 0.25) is 0 Å². The Morgan fingerprint density at radius 1 is 1.07 bits per heavy atom. The van der Waals surface area contributed by atoms with Gasteiger partial charge in [0.25, 0.3) is 0 Å². The summed E-state index contributed by atoms with van der Waals surface area (Å²) in [6.07, 6.45) is -3.45. The lowest BCUT2D eigenvalue weighted by molar-refractivity contribution is -0.577. The average Bonchev–Trinajstić information content (AvgIpc) is 2.16. The van der Waals surface area contributed by atoms with Crippen LogP contribution in [0.15, 0.2) is 36.5 Å². The van der Waals surface area contributed by atoms with Gasteiger partial charge in [0.2, 0.25) is 5.52 Å². The molecule has 5 heteroatoms. The monoisotopic (exact) mass is 213 g/mol. The van der Waals surface area contributed by atoms with E-state index in [1.807, 2.05) is 0 Å². The molecule has 15 heavy (non-hydrogen) atoms. The Morgan fingerprint density at radius 3 is 2.40 bits per heavy atom. The molecule has 0 N–H and O–H groups in total. The maximum atomic E-state index is 12.5. The van der Waals surface area contributed by atoms with E-state index in [1.165, 1.54) is 24.3 Å². The lowest BCUT2D eigenvalue weighted by Crippen LogP contribution is -2.28. The molecule has 2 rings (SSSR count). The maximum Gasteiger partial charge on any atom is 0.422 e. The van der Waals surface area contributed by atoms with Gasteiger partial charge >= 0.3 is 6.18 Å². The first kappa shape index (κ1) is 9.76. The fraction of sp³-hybridized carbons (Fsp3) is 0.100. The van der Waals surface area contributed by atoms with Gasteiger partial charge in [-0.05, 0) is 18.2 Å². The highest BCUT2D eigenvalue weighted by Crippen LogP contribution is 2.32. The normalized spacial score (nSPS) is 11.9. The highest BCUT2D eigenvalue weighted by Gasteiger charge is 2.35. The number of para-hydroxylation sites is 1. The summed E-state index contributed by atoms with van der Waals surface area (Å²) in [5.41, 5.74) is -1.25. The van der Waals surface area contributed by atoms with Gasteiger partial charge in [0.1, 0.15) is 5.56 Å². The molecule has 0 saturated heterocycles. The van der Waals surface area contributed by atoms with Gasteiger partial charge in [-0.15, -0.1) is 0 Å². The number of hydrogen-bond donors (Lipinski definition) is 0. The molecule has 0 aliphatic rings. The predicted molar refractivity (Wildman–Crippen MR) is 47.9 cm³/mol. The number of pyridine rings is 1. The van der Waals surface area contributed by atoms with Crippen LogP contribution in [0.1, 0.15) is 5.56 Å². The molecule has 0 amide bonds. The molecule has 0 aliphatic heterocycles. The SMILES string of the molecule is [O-][n+]1cccc2cccc(C(F)(F)F)c21. The zero-order valence-corrected chi connectivity index (χ0v) is 7.45. The number of hydrogen-bond acceptors (Lipinski definition) is 1. The molecular formula is C10H6F3NO. The molecular weight excluding hydrogens is 207 g/mol. The fourth-order valence-electron chi connectivity index (χ4n) is 1.47. The minimum Gasteiger partial charge on any atom is -0.618 e. The third-order valence-electron chi connectivity index (χ3n) is 2.09. The van der Waals surface area contributed by atoms with Crippen LogP contribution in [0.3, 0.4) is 0 Å². The number of benzene rings is 1. The Hall–Kier alpha value is -1.78. The van der Waals surface area contributed by atoms with E-state index in [9.17, 15) is 18.4 Å². The third-order valence-corrected chi connectivity index (χ3v) is 2.09. The van der Waals surface area contributed by atoms with E-state index in [0.29, 0.717) is 0 Å². The van der Waals surface area contributed by atoms with Gasteiger partial charge in [0, 0.05) is 11.5 Å².